The highest BCUT2D eigenvalue weighted by Crippen LogP contribution is 2.16. The number of nitrogens with one attached hydrogen (secondary N) is 1. The van der Waals surface area contributed by atoms with Gasteiger partial charge in [-0.25, -0.2) is 0 Å². The van der Waals surface area contributed by atoms with Crippen LogP contribution < -0.4 is 5.32 Å². The van der Waals surface area contributed by atoms with Crippen molar-refractivity contribution in [2.45, 2.75) is 6.54 Å². The molecular formula is C15H15ClN2O3. The van der Waals surface area contributed by atoms with Crippen molar-refractivity contribution in [1.82, 2.24) is 10.2 Å². The fourth-order valence-electron chi connectivity index (χ4n) is 1.87. The van der Waals surface area contributed by atoms with Crippen molar-refractivity contribution in [3.63, 3.8) is 0 Å². The van der Waals surface area contributed by atoms with E-state index in [4.69, 9.17) is 16.0 Å². The van der Waals surface area contributed by atoms with Crippen molar-refractivity contribution in [2.24, 2.45) is 0 Å². The second-order valence-electron chi connectivity index (χ2n) is 4.54. The maximum Gasteiger partial charge on any atom is 0.289 e. The molecular weight excluding hydrogens is 292 g/mol. The molecule has 0 unspecified atom stereocenters. The molecule has 0 aliphatic carbocycles. The van der Waals surface area contributed by atoms with E-state index in [2.05, 4.69) is 5.32 Å². The number of halogens is 1. The van der Waals surface area contributed by atoms with Crippen LogP contribution in [0.25, 0.3) is 0 Å². The van der Waals surface area contributed by atoms with Crippen LogP contribution in [0, 0.1) is 0 Å². The van der Waals surface area contributed by atoms with Gasteiger partial charge in [-0.3, -0.25) is 9.59 Å². The predicted molar refractivity (Wildman–Crippen MR) is 79.3 cm³/mol. The zero-order valence-electron chi connectivity index (χ0n) is 11.7. The van der Waals surface area contributed by atoms with E-state index in [-0.39, 0.29) is 22.8 Å². The van der Waals surface area contributed by atoms with E-state index in [1.807, 2.05) is 12.1 Å². The first kappa shape index (κ1) is 15.1. The van der Waals surface area contributed by atoms with Gasteiger partial charge in [-0.15, -0.1) is 0 Å². The van der Waals surface area contributed by atoms with Crippen LogP contribution in [0.1, 0.15) is 26.5 Å². The predicted octanol–water partition coefficient (Wildman–Crippen LogP) is 2.56. The molecule has 2 aromatic rings. The highest BCUT2D eigenvalue weighted by molar-refractivity contribution is 6.29. The Hall–Kier alpha value is -2.27. The Balaban J connectivity index is 2.04. The van der Waals surface area contributed by atoms with Crippen LogP contribution in [-0.2, 0) is 6.54 Å². The van der Waals surface area contributed by atoms with Crippen molar-refractivity contribution >= 4 is 23.4 Å². The molecule has 2 rings (SSSR count). The zero-order valence-corrected chi connectivity index (χ0v) is 12.5. The van der Waals surface area contributed by atoms with Crippen LogP contribution in [0.3, 0.4) is 0 Å². The average Bonchev–Trinajstić information content (AvgIpc) is 2.93. The number of carbonyl (C=O) groups excluding carboxylic acids is 2. The van der Waals surface area contributed by atoms with Gasteiger partial charge in [-0.1, -0.05) is 12.1 Å². The normalized spacial score (nSPS) is 10.2. The first-order valence-electron chi connectivity index (χ1n) is 6.33. The summed E-state index contributed by atoms with van der Waals surface area (Å²) >= 11 is 5.65. The summed E-state index contributed by atoms with van der Waals surface area (Å²) in [7, 11) is 3.25. The quantitative estimate of drug-likeness (QED) is 0.944. The Kier molecular flexibility index (Phi) is 4.65. The standard InChI is InChI=1S/C15H15ClN2O3/c1-17-14(19)11-5-3-10(4-6-11)9-18(2)15(20)12-7-8-13(16)21-12/h3-8H,9H2,1-2H3,(H,17,19). The van der Waals surface area contributed by atoms with Crippen LogP contribution >= 0.6 is 11.6 Å². The lowest BCUT2D eigenvalue weighted by atomic mass is 10.1. The molecule has 6 heteroatoms. The van der Waals surface area contributed by atoms with E-state index < -0.39 is 0 Å². The summed E-state index contributed by atoms with van der Waals surface area (Å²) in [6.07, 6.45) is 0. The number of carbonyl (C=O) groups is 2. The first-order valence-corrected chi connectivity index (χ1v) is 6.71. The van der Waals surface area contributed by atoms with E-state index >= 15 is 0 Å². The molecule has 1 aromatic heterocycles. The van der Waals surface area contributed by atoms with Gasteiger partial charge in [0.1, 0.15) is 0 Å². The molecule has 1 heterocycles. The molecule has 0 aliphatic rings. The van der Waals surface area contributed by atoms with E-state index in [9.17, 15) is 9.59 Å². The molecule has 0 bridgehead atoms. The summed E-state index contributed by atoms with van der Waals surface area (Å²) in [4.78, 5) is 25.1. The van der Waals surface area contributed by atoms with E-state index in [0.29, 0.717) is 12.1 Å². The number of hydrogen-bond donors (Lipinski definition) is 1. The van der Waals surface area contributed by atoms with Gasteiger partial charge >= 0.3 is 0 Å². The second-order valence-corrected chi connectivity index (χ2v) is 4.91. The highest BCUT2D eigenvalue weighted by atomic mass is 35.5. The SMILES string of the molecule is CNC(=O)c1ccc(CN(C)C(=O)c2ccc(Cl)o2)cc1. The minimum Gasteiger partial charge on any atom is -0.440 e. The maximum atomic E-state index is 12.1. The van der Waals surface area contributed by atoms with Crippen molar-refractivity contribution in [2.75, 3.05) is 14.1 Å². The molecule has 0 saturated heterocycles. The lowest BCUT2D eigenvalue weighted by Gasteiger charge is -2.16. The molecule has 5 nitrogen and oxygen atoms in total. The minimum absolute atomic E-state index is 0.142. The van der Waals surface area contributed by atoms with Gasteiger partial charge in [0.15, 0.2) is 11.0 Å². The fraction of sp³-hybridized carbons (Fsp3) is 0.200. The summed E-state index contributed by atoms with van der Waals surface area (Å²) in [5.41, 5.74) is 1.49. The fourth-order valence-corrected chi connectivity index (χ4v) is 2.01. The summed E-state index contributed by atoms with van der Waals surface area (Å²) in [5.74, 6) is -0.196. The number of nitrogens with zero attached hydrogens (tertiary/aromatic N) is 1. The summed E-state index contributed by atoms with van der Waals surface area (Å²) in [5, 5.41) is 2.74. The Morgan fingerprint density at radius 3 is 2.38 bits per heavy atom. The van der Waals surface area contributed by atoms with Crippen molar-refractivity contribution in [1.29, 1.82) is 0 Å². The molecule has 0 saturated carbocycles. The van der Waals surface area contributed by atoms with Gasteiger partial charge in [0.05, 0.1) is 0 Å². The molecule has 1 N–H and O–H groups in total. The zero-order chi connectivity index (χ0) is 15.4. The number of furan rings is 1. The Bertz CT molecular complexity index is 649. The topological polar surface area (TPSA) is 62.6 Å². The van der Waals surface area contributed by atoms with Crippen LogP contribution in [-0.4, -0.2) is 30.8 Å². The molecule has 0 aliphatic heterocycles. The van der Waals surface area contributed by atoms with Crippen LogP contribution in [0.5, 0.6) is 0 Å². The van der Waals surface area contributed by atoms with Gasteiger partial charge in [0.2, 0.25) is 0 Å². The third-order valence-corrected chi connectivity index (χ3v) is 3.20. The highest BCUT2D eigenvalue weighted by Gasteiger charge is 2.16. The van der Waals surface area contributed by atoms with Gasteiger partial charge in [0.25, 0.3) is 11.8 Å². The number of hydrogen-bond acceptors (Lipinski definition) is 3. The third kappa shape index (κ3) is 3.64. The van der Waals surface area contributed by atoms with Gasteiger partial charge in [0, 0.05) is 26.2 Å². The van der Waals surface area contributed by atoms with Crippen molar-refractivity contribution in [3.8, 4) is 0 Å². The van der Waals surface area contributed by atoms with Crippen molar-refractivity contribution in [3.05, 3.63) is 58.5 Å². The monoisotopic (exact) mass is 306 g/mol. The molecule has 110 valence electrons. The van der Waals surface area contributed by atoms with Crippen LogP contribution in [0.15, 0.2) is 40.8 Å². The number of amides is 2. The number of benzene rings is 1. The van der Waals surface area contributed by atoms with Gasteiger partial charge in [-0.05, 0) is 41.4 Å². The Morgan fingerprint density at radius 2 is 1.86 bits per heavy atom. The Labute approximate surface area is 127 Å². The largest absolute Gasteiger partial charge is 0.440 e. The second kappa shape index (κ2) is 6.45. The van der Waals surface area contributed by atoms with Gasteiger partial charge in [-0.2, -0.15) is 0 Å². The maximum absolute atomic E-state index is 12.1. The smallest absolute Gasteiger partial charge is 0.289 e. The third-order valence-electron chi connectivity index (χ3n) is 2.99. The van der Waals surface area contributed by atoms with E-state index in [1.54, 1.807) is 26.2 Å². The molecule has 0 fully saturated rings. The van der Waals surface area contributed by atoms with Crippen LogP contribution in [0.4, 0.5) is 0 Å². The van der Waals surface area contributed by atoms with Crippen LogP contribution in [0.2, 0.25) is 5.22 Å². The molecule has 0 atom stereocenters. The summed E-state index contributed by atoms with van der Waals surface area (Å²) in [6, 6.07) is 10.1. The first-order chi connectivity index (χ1) is 10.0. The van der Waals surface area contributed by atoms with E-state index in [1.165, 1.54) is 17.0 Å². The molecule has 0 spiro atoms. The van der Waals surface area contributed by atoms with E-state index in [0.717, 1.165) is 5.56 Å². The minimum atomic E-state index is -0.253. The van der Waals surface area contributed by atoms with Crippen molar-refractivity contribution < 1.29 is 14.0 Å². The summed E-state index contributed by atoms with van der Waals surface area (Å²) in [6.45, 7) is 0.408. The lowest BCUT2D eigenvalue weighted by molar-refractivity contribution is 0.0753. The summed E-state index contributed by atoms with van der Waals surface area (Å²) < 4.78 is 5.09. The molecule has 0 radical (unpaired) electrons. The molecule has 2 amide bonds. The number of rotatable bonds is 4. The average molecular weight is 307 g/mol. The molecule has 21 heavy (non-hydrogen) atoms. The lowest BCUT2D eigenvalue weighted by Crippen LogP contribution is -2.25. The Morgan fingerprint density at radius 1 is 1.19 bits per heavy atom. The molecule has 1 aromatic carbocycles. The van der Waals surface area contributed by atoms with Gasteiger partial charge < -0.3 is 14.6 Å².